The summed E-state index contributed by atoms with van der Waals surface area (Å²) in [5.74, 6) is -1.15. The van der Waals surface area contributed by atoms with Crippen molar-refractivity contribution in [3.05, 3.63) is 36.4 Å². The molecule has 28 heavy (non-hydrogen) atoms. The quantitative estimate of drug-likeness (QED) is 0.201. The van der Waals surface area contributed by atoms with Crippen LogP contribution >= 0.6 is 23.4 Å². The molecule has 2 aromatic rings. The van der Waals surface area contributed by atoms with Crippen LogP contribution in [-0.2, 0) is 33.4 Å². The lowest BCUT2D eigenvalue weighted by Crippen LogP contribution is -2.33. The van der Waals surface area contributed by atoms with Gasteiger partial charge in [0.25, 0.3) is 10.7 Å². The highest BCUT2D eigenvalue weighted by Gasteiger charge is 2.54. The van der Waals surface area contributed by atoms with Crippen LogP contribution in [0.3, 0.4) is 0 Å². The average molecular weight is 461 g/mol. The van der Waals surface area contributed by atoms with Gasteiger partial charge >= 0.3 is 23.4 Å². The van der Waals surface area contributed by atoms with Crippen molar-refractivity contribution in [2.45, 2.75) is 10.7 Å². The van der Waals surface area contributed by atoms with E-state index < -0.39 is 59.0 Å². The molecule has 0 amide bonds. The molecule has 2 unspecified atom stereocenters. The van der Waals surface area contributed by atoms with Crippen LogP contribution in [-0.4, -0.2) is 62.9 Å². The van der Waals surface area contributed by atoms with Gasteiger partial charge < -0.3 is 39.8 Å². The van der Waals surface area contributed by atoms with Crippen LogP contribution in [0.1, 0.15) is 11.6 Å². The Bertz CT molecular complexity index is 822. The van der Waals surface area contributed by atoms with E-state index in [9.17, 15) is 43.5 Å². The SMILES string of the molecule is O=[P+](OCC(O)(c1ncc[nH]1)P(=O)(O)O)OCC(O)(c1ncc[nH]1)P(=O)(O)O. The third kappa shape index (κ3) is 4.62. The molecule has 0 saturated heterocycles. The van der Waals surface area contributed by atoms with E-state index in [1.54, 1.807) is 0 Å². The zero-order valence-corrected chi connectivity index (χ0v) is 16.4. The monoisotopic (exact) mass is 461 g/mol. The van der Waals surface area contributed by atoms with E-state index in [-0.39, 0.29) is 0 Å². The minimum absolute atomic E-state index is 0.577. The van der Waals surface area contributed by atoms with Crippen LogP contribution in [0.25, 0.3) is 0 Å². The van der Waals surface area contributed by atoms with Crippen LogP contribution in [0.4, 0.5) is 0 Å². The maximum Gasteiger partial charge on any atom is 0.697 e. The molecule has 0 fully saturated rings. The fourth-order valence-corrected chi connectivity index (χ4v) is 4.00. The molecule has 0 aliphatic carbocycles. The Kier molecular flexibility index (Phi) is 6.71. The first-order valence-electron chi connectivity index (χ1n) is 7.10. The van der Waals surface area contributed by atoms with Crippen LogP contribution in [0, 0.1) is 0 Å². The van der Waals surface area contributed by atoms with Gasteiger partial charge in [0.05, 0.1) is 0 Å². The summed E-state index contributed by atoms with van der Waals surface area (Å²) in [5, 5.41) is 14.4. The van der Waals surface area contributed by atoms with Crippen molar-refractivity contribution in [3.63, 3.8) is 0 Å². The third-order valence-corrected chi connectivity index (χ3v) is 6.75. The molecule has 2 atom stereocenters. The Hall–Kier alpha value is -1.34. The topological polar surface area (TPSA) is 248 Å². The van der Waals surface area contributed by atoms with Crippen molar-refractivity contribution >= 4 is 23.4 Å². The summed E-state index contributed by atoms with van der Waals surface area (Å²) in [6.07, 6.45) is 4.51. The highest BCUT2D eigenvalue weighted by molar-refractivity contribution is 7.53. The smallest absolute Gasteiger partial charge is 0.369 e. The van der Waals surface area contributed by atoms with Crippen molar-refractivity contribution in [1.29, 1.82) is 0 Å². The van der Waals surface area contributed by atoms with Gasteiger partial charge in [-0.3, -0.25) is 9.13 Å². The Morgan fingerprint density at radius 1 is 0.893 bits per heavy atom. The summed E-state index contributed by atoms with van der Waals surface area (Å²) in [7, 11) is -13.9. The number of rotatable bonds is 10. The second-order valence-electron chi connectivity index (χ2n) is 5.37. The minimum atomic E-state index is -5.29. The van der Waals surface area contributed by atoms with E-state index in [2.05, 4.69) is 29.0 Å². The van der Waals surface area contributed by atoms with Crippen molar-refractivity contribution in [1.82, 2.24) is 19.9 Å². The highest BCUT2D eigenvalue weighted by atomic mass is 31.2. The predicted molar refractivity (Wildman–Crippen MR) is 88.6 cm³/mol. The van der Waals surface area contributed by atoms with E-state index >= 15 is 0 Å². The molecule has 2 heterocycles. The molecule has 0 radical (unpaired) electrons. The average Bonchev–Trinajstić information content (AvgIpc) is 3.28. The van der Waals surface area contributed by atoms with Crippen molar-refractivity contribution < 1.29 is 52.5 Å². The summed E-state index contributed by atoms with van der Waals surface area (Å²) in [5.41, 5.74) is 0. The standard InChI is InChI=1S/C10H15N4O11P3/c15-9(27(18,19)20,7-11-1-2-12-7)5-24-26(17)25-6-10(16,28(21,22)23)8-13-3-4-14-8/h1-4,15-16H,5-6H2,(H5-,11,12,13,14,18,19,20,21,22,23)/p+1. The van der Waals surface area contributed by atoms with Gasteiger partial charge in [-0.05, 0) is 0 Å². The van der Waals surface area contributed by atoms with E-state index in [0.717, 1.165) is 24.8 Å². The largest absolute Gasteiger partial charge is 0.697 e. The molecule has 0 bridgehead atoms. The second-order valence-corrected chi connectivity index (χ2v) is 9.99. The Labute approximate surface area is 157 Å². The van der Waals surface area contributed by atoms with Gasteiger partial charge in [0.1, 0.15) is 0 Å². The molecule has 18 heteroatoms. The Morgan fingerprint density at radius 3 is 1.50 bits per heavy atom. The van der Waals surface area contributed by atoms with Gasteiger partial charge in [0.2, 0.25) is 0 Å². The maximum absolute atomic E-state index is 11.8. The first-order chi connectivity index (χ1) is 12.8. The van der Waals surface area contributed by atoms with E-state index in [4.69, 9.17) is 0 Å². The fourth-order valence-electron chi connectivity index (χ4n) is 1.87. The third-order valence-electron chi connectivity index (χ3n) is 3.46. The van der Waals surface area contributed by atoms with E-state index in [0.29, 0.717) is 0 Å². The molecular weight excluding hydrogens is 445 g/mol. The van der Waals surface area contributed by atoms with Gasteiger partial charge in [-0.25, -0.2) is 9.97 Å². The predicted octanol–water partition coefficient (Wildman–Crippen LogP) is -0.831. The van der Waals surface area contributed by atoms with Gasteiger partial charge in [0.15, 0.2) is 24.9 Å². The number of H-pyrrole nitrogens is 2. The molecule has 0 aliphatic rings. The lowest BCUT2D eigenvalue weighted by Gasteiger charge is -2.24. The second kappa shape index (κ2) is 8.19. The summed E-state index contributed by atoms with van der Waals surface area (Å²) in [6, 6.07) is 0. The molecule has 8 N–H and O–H groups in total. The zero-order valence-electron chi connectivity index (χ0n) is 13.7. The molecule has 156 valence electrons. The fraction of sp³-hybridized carbons (Fsp3) is 0.400. The summed E-state index contributed by atoms with van der Waals surface area (Å²) in [4.78, 5) is 49.0. The van der Waals surface area contributed by atoms with Gasteiger partial charge in [0, 0.05) is 29.4 Å². The molecule has 15 nitrogen and oxygen atoms in total. The molecular formula is C10H16N4O11P3+. The number of nitrogens with one attached hydrogen (secondary N) is 2. The lowest BCUT2D eigenvalue weighted by atomic mass is 10.3. The van der Waals surface area contributed by atoms with Crippen molar-refractivity contribution in [2.24, 2.45) is 0 Å². The minimum Gasteiger partial charge on any atom is -0.369 e. The number of hydrogen-bond donors (Lipinski definition) is 8. The van der Waals surface area contributed by atoms with E-state index in [1.807, 2.05) is 0 Å². The number of aliphatic hydroxyl groups is 2. The number of imidazole rings is 2. The molecule has 0 aliphatic heterocycles. The first kappa shape index (κ1) is 22.9. The van der Waals surface area contributed by atoms with Gasteiger partial charge in [-0.1, -0.05) is 0 Å². The molecule has 2 rings (SSSR count). The van der Waals surface area contributed by atoms with Crippen LogP contribution in [0.15, 0.2) is 24.8 Å². The number of aromatic nitrogens is 4. The molecule has 0 spiro atoms. The van der Waals surface area contributed by atoms with Crippen LogP contribution in [0.2, 0.25) is 0 Å². The number of nitrogens with zero attached hydrogens (tertiary/aromatic N) is 2. The van der Waals surface area contributed by atoms with Crippen molar-refractivity contribution in [2.75, 3.05) is 13.2 Å². The molecule has 0 saturated carbocycles. The molecule has 0 aromatic carbocycles. The normalized spacial score (nSPS) is 17.7. The number of hydrogen-bond acceptors (Lipinski definition) is 9. The van der Waals surface area contributed by atoms with Crippen LogP contribution in [0.5, 0.6) is 0 Å². The Balaban J connectivity index is 2.09. The lowest BCUT2D eigenvalue weighted by molar-refractivity contribution is 0.0125. The maximum atomic E-state index is 11.8. The van der Waals surface area contributed by atoms with Gasteiger partial charge in [-0.2, -0.15) is 0 Å². The summed E-state index contributed by atoms with van der Waals surface area (Å²) >= 11 is 0. The van der Waals surface area contributed by atoms with E-state index in [1.165, 1.54) is 0 Å². The highest BCUT2D eigenvalue weighted by Crippen LogP contribution is 2.57. The zero-order chi connectivity index (χ0) is 21.2. The number of aromatic amines is 2. The Morgan fingerprint density at radius 2 is 1.25 bits per heavy atom. The molecule has 2 aromatic heterocycles. The van der Waals surface area contributed by atoms with Crippen LogP contribution < -0.4 is 0 Å². The summed E-state index contributed by atoms with van der Waals surface area (Å²) in [6.45, 7) is -2.51. The first-order valence-corrected chi connectivity index (χ1v) is 11.4. The summed E-state index contributed by atoms with van der Waals surface area (Å²) < 4.78 is 44.2. The van der Waals surface area contributed by atoms with Crippen molar-refractivity contribution in [3.8, 4) is 0 Å². The van der Waals surface area contributed by atoms with Gasteiger partial charge in [-0.15, -0.1) is 9.05 Å².